The van der Waals surface area contributed by atoms with Crippen molar-refractivity contribution in [3.63, 3.8) is 0 Å². The van der Waals surface area contributed by atoms with Crippen molar-refractivity contribution in [3.8, 4) is 16.9 Å². The fourth-order valence-electron chi connectivity index (χ4n) is 1.72. The van der Waals surface area contributed by atoms with Gasteiger partial charge in [-0.3, -0.25) is 0 Å². The summed E-state index contributed by atoms with van der Waals surface area (Å²) in [6.07, 6.45) is 2.80. The van der Waals surface area contributed by atoms with Gasteiger partial charge < -0.3 is 9.84 Å². The number of hydrogen-bond acceptors (Lipinski definition) is 3. The molecule has 0 atom stereocenters. The molecule has 0 spiro atoms. The first-order chi connectivity index (χ1) is 9.20. The Kier molecular flexibility index (Phi) is 3.98. The summed E-state index contributed by atoms with van der Waals surface area (Å²) in [6, 6.07) is 15.1. The maximum Gasteiger partial charge on any atom is 0.330 e. The molecule has 3 nitrogen and oxygen atoms in total. The molecule has 0 aliphatic heterocycles. The van der Waals surface area contributed by atoms with E-state index in [0.717, 1.165) is 11.1 Å². The quantitative estimate of drug-likeness (QED) is 0.675. The smallest absolute Gasteiger partial charge is 0.330 e. The van der Waals surface area contributed by atoms with E-state index in [2.05, 4.69) is 4.74 Å². The summed E-state index contributed by atoms with van der Waals surface area (Å²) >= 11 is 0. The average molecular weight is 254 g/mol. The lowest BCUT2D eigenvalue weighted by molar-refractivity contribution is -0.134. The molecule has 0 amide bonds. The molecule has 0 unspecified atom stereocenters. The van der Waals surface area contributed by atoms with Crippen molar-refractivity contribution in [2.24, 2.45) is 0 Å². The molecule has 0 heterocycles. The van der Waals surface area contributed by atoms with Gasteiger partial charge in [0.15, 0.2) is 0 Å². The summed E-state index contributed by atoms with van der Waals surface area (Å²) in [5, 5.41) is 9.93. The topological polar surface area (TPSA) is 46.5 Å². The highest BCUT2D eigenvalue weighted by atomic mass is 16.5. The van der Waals surface area contributed by atoms with Crippen molar-refractivity contribution in [2.75, 3.05) is 7.11 Å². The lowest BCUT2D eigenvalue weighted by atomic mass is 10.0. The summed E-state index contributed by atoms with van der Waals surface area (Å²) in [6.45, 7) is 0. The van der Waals surface area contributed by atoms with Crippen LogP contribution in [-0.4, -0.2) is 18.2 Å². The molecule has 0 aliphatic carbocycles. The van der Waals surface area contributed by atoms with E-state index in [4.69, 9.17) is 0 Å². The Morgan fingerprint density at radius 3 is 2.47 bits per heavy atom. The van der Waals surface area contributed by atoms with E-state index < -0.39 is 5.97 Å². The van der Waals surface area contributed by atoms with Crippen molar-refractivity contribution >= 4 is 12.0 Å². The molecule has 0 bridgehead atoms. The van der Waals surface area contributed by atoms with Gasteiger partial charge in [0.1, 0.15) is 5.75 Å². The molecule has 2 aromatic rings. The number of hydrogen-bond donors (Lipinski definition) is 1. The standard InChI is InChI=1S/C16H14O3/c1-19-16(18)10-9-13-7-8-14(11-15(13)17)12-5-3-2-4-6-12/h2-11,17H,1H3/b10-9+. The van der Waals surface area contributed by atoms with E-state index in [1.165, 1.54) is 19.3 Å². The normalized spacial score (nSPS) is 10.6. The van der Waals surface area contributed by atoms with Crippen LogP contribution < -0.4 is 0 Å². The van der Waals surface area contributed by atoms with Crippen LogP contribution in [0.3, 0.4) is 0 Å². The maximum atomic E-state index is 11.0. The number of methoxy groups -OCH3 is 1. The van der Waals surface area contributed by atoms with Crippen molar-refractivity contribution in [1.82, 2.24) is 0 Å². The zero-order chi connectivity index (χ0) is 13.7. The monoisotopic (exact) mass is 254 g/mol. The van der Waals surface area contributed by atoms with Gasteiger partial charge in [-0.15, -0.1) is 0 Å². The predicted molar refractivity (Wildman–Crippen MR) is 74.6 cm³/mol. The van der Waals surface area contributed by atoms with Gasteiger partial charge in [-0.1, -0.05) is 42.5 Å². The fourth-order valence-corrected chi connectivity index (χ4v) is 1.72. The van der Waals surface area contributed by atoms with Crippen molar-refractivity contribution < 1.29 is 14.6 Å². The van der Waals surface area contributed by atoms with Crippen molar-refractivity contribution in [2.45, 2.75) is 0 Å². The molecule has 19 heavy (non-hydrogen) atoms. The minimum Gasteiger partial charge on any atom is -0.507 e. The Morgan fingerprint density at radius 1 is 1.11 bits per heavy atom. The van der Waals surface area contributed by atoms with E-state index in [1.54, 1.807) is 12.1 Å². The summed E-state index contributed by atoms with van der Waals surface area (Å²) in [5.74, 6) is -0.326. The molecule has 0 radical (unpaired) electrons. The van der Waals surface area contributed by atoms with E-state index in [1.807, 2.05) is 36.4 Å². The van der Waals surface area contributed by atoms with Crippen molar-refractivity contribution in [1.29, 1.82) is 0 Å². The summed E-state index contributed by atoms with van der Waals surface area (Å²) in [5.41, 5.74) is 2.53. The third-order valence-electron chi connectivity index (χ3n) is 2.74. The number of benzene rings is 2. The van der Waals surface area contributed by atoms with E-state index in [-0.39, 0.29) is 5.75 Å². The van der Waals surface area contributed by atoms with Crippen LogP contribution in [0.5, 0.6) is 5.75 Å². The van der Waals surface area contributed by atoms with Crippen LogP contribution in [0.15, 0.2) is 54.6 Å². The number of rotatable bonds is 3. The molecule has 0 aromatic heterocycles. The Labute approximate surface area is 111 Å². The first kappa shape index (κ1) is 12.9. The fraction of sp³-hybridized carbons (Fsp3) is 0.0625. The average Bonchev–Trinajstić information content (AvgIpc) is 2.46. The zero-order valence-electron chi connectivity index (χ0n) is 10.5. The Morgan fingerprint density at radius 2 is 1.84 bits per heavy atom. The summed E-state index contributed by atoms with van der Waals surface area (Å²) < 4.78 is 4.50. The zero-order valence-corrected chi connectivity index (χ0v) is 10.5. The van der Waals surface area contributed by atoms with E-state index >= 15 is 0 Å². The first-order valence-electron chi connectivity index (χ1n) is 5.85. The second-order valence-electron chi connectivity index (χ2n) is 4.00. The van der Waals surface area contributed by atoms with Gasteiger partial charge in [0.05, 0.1) is 7.11 Å². The highest BCUT2D eigenvalue weighted by Crippen LogP contribution is 2.27. The molecule has 2 aromatic carbocycles. The van der Waals surface area contributed by atoms with E-state index in [9.17, 15) is 9.90 Å². The second kappa shape index (κ2) is 5.87. The lowest BCUT2D eigenvalue weighted by Crippen LogP contribution is -1.93. The molecular formula is C16H14O3. The van der Waals surface area contributed by atoms with Crippen LogP contribution >= 0.6 is 0 Å². The molecular weight excluding hydrogens is 240 g/mol. The molecule has 1 N–H and O–H groups in total. The van der Waals surface area contributed by atoms with Crippen LogP contribution in [0.4, 0.5) is 0 Å². The maximum absolute atomic E-state index is 11.0. The van der Waals surface area contributed by atoms with Gasteiger partial charge in [0.25, 0.3) is 0 Å². The highest BCUT2D eigenvalue weighted by Gasteiger charge is 2.02. The number of phenols is 1. The van der Waals surface area contributed by atoms with Gasteiger partial charge >= 0.3 is 5.97 Å². The van der Waals surface area contributed by atoms with Crippen LogP contribution in [0.25, 0.3) is 17.2 Å². The van der Waals surface area contributed by atoms with Gasteiger partial charge in [0.2, 0.25) is 0 Å². The minimum atomic E-state index is -0.452. The molecule has 96 valence electrons. The highest BCUT2D eigenvalue weighted by molar-refractivity contribution is 5.87. The number of aromatic hydroxyl groups is 1. The van der Waals surface area contributed by atoms with Crippen LogP contribution in [0, 0.1) is 0 Å². The Bertz CT molecular complexity index is 601. The lowest BCUT2D eigenvalue weighted by Gasteiger charge is -2.04. The minimum absolute atomic E-state index is 0.126. The predicted octanol–water partition coefficient (Wildman–Crippen LogP) is 3.25. The first-order valence-corrected chi connectivity index (χ1v) is 5.85. The molecule has 0 aliphatic rings. The molecule has 2 rings (SSSR count). The van der Waals surface area contributed by atoms with Gasteiger partial charge in [-0.05, 0) is 23.3 Å². The molecule has 0 fully saturated rings. The van der Waals surface area contributed by atoms with Crippen LogP contribution in [0.2, 0.25) is 0 Å². The number of ether oxygens (including phenoxy) is 1. The SMILES string of the molecule is COC(=O)/C=C/c1ccc(-c2ccccc2)cc1O. The summed E-state index contributed by atoms with van der Waals surface area (Å²) in [4.78, 5) is 11.0. The molecule has 0 saturated carbocycles. The van der Waals surface area contributed by atoms with E-state index in [0.29, 0.717) is 5.56 Å². The Balaban J connectivity index is 2.28. The van der Waals surface area contributed by atoms with Gasteiger partial charge in [0, 0.05) is 11.6 Å². The number of esters is 1. The number of carbonyl (C=O) groups is 1. The largest absolute Gasteiger partial charge is 0.507 e. The summed E-state index contributed by atoms with van der Waals surface area (Å²) in [7, 11) is 1.31. The molecule has 0 saturated heterocycles. The van der Waals surface area contributed by atoms with Crippen LogP contribution in [-0.2, 0) is 9.53 Å². The number of phenolic OH excluding ortho intramolecular Hbond substituents is 1. The third kappa shape index (κ3) is 3.22. The number of carbonyl (C=O) groups excluding carboxylic acids is 1. The van der Waals surface area contributed by atoms with Gasteiger partial charge in [-0.25, -0.2) is 4.79 Å². The Hall–Kier alpha value is -2.55. The third-order valence-corrected chi connectivity index (χ3v) is 2.74. The molecule has 3 heteroatoms. The van der Waals surface area contributed by atoms with Gasteiger partial charge in [-0.2, -0.15) is 0 Å². The second-order valence-corrected chi connectivity index (χ2v) is 4.00. The van der Waals surface area contributed by atoms with Crippen LogP contribution in [0.1, 0.15) is 5.56 Å². The van der Waals surface area contributed by atoms with Crippen molar-refractivity contribution in [3.05, 3.63) is 60.2 Å².